The molecule has 0 saturated carbocycles. The molecule has 0 amide bonds. The zero-order valence-electron chi connectivity index (χ0n) is 10.2. The van der Waals surface area contributed by atoms with E-state index in [2.05, 4.69) is 0 Å². The second kappa shape index (κ2) is 5.53. The molecule has 0 spiro atoms. The molecule has 0 radical (unpaired) electrons. The van der Waals surface area contributed by atoms with Gasteiger partial charge in [0.1, 0.15) is 5.82 Å². The van der Waals surface area contributed by atoms with Crippen LogP contribution in [0.25, 0.3) is 6.08 Å². The number of benzene rings is 1. The van der Waals surface area contributed by atoms with Gasteiger partial charge in [-0.25, -0.2) is 4.39 Å². The van der Waals surface area contributed by atoms with Crippen LogP contribution in [0.15, 0.2) is 29.8 Å². The van der Waals surface area contributed by atoms with Crippen LogP contribution >= 0.6 is 0 Å². The van der Waals surface area contributed by atoms with Crippen LogP contribution in [0, 0.1) is 11.7 Å². The van der Waals surface area contributed by atoms with Gasteiger partial charge < -0.3 is 0 Å². The lowest BCUT2D eigenvalue weighted by atomic mass is 9.96. The molecular formula is C14H15FO2. The lowest BCUT2D eigenvalue weighted by Crippen LogP contribution is -2.15. The third kappa shape index (κ3) is 3.63. The molecule has 0 heterocycles. The summed E-state index contributed by atoms with van der Waals surface area (Å²) in [6.45, 7) is 4.79. The van der Waals surface area contributed by atoms with Crippen molar-refractivity contribution in [3.8, 4) is 0 Å². The average Bonchev–Trinajstić information content (AvgIpc) is 2.24. The van der Waals surface area contributed by atoms with Gasteiger partial charge in [0, 0.05) is 5.92 Å². The summed E-state index contributed by atoms with van der Waals surface area (Å²) in [5.74, 6) is -1.16. The molecule has 0 saturated heterocycles. The number of carbonyl (C=O) groups is 2. The summed E-state index contributed by atoms with van der Waals surface area (Å²) in [6.07, 6.45) is 1.44. The van der Waals surface area contributed by atoms with Gasteiger partial charge in [-0.05, 0) is 30.7 Å². The smallest absolute Gasteiger partial charge is 0.168 e. The van der Waals surface area contributed by atoms with Crippen molar-refractivity contribution in [2.75, 3.05) is 0 Å². The molecule has 1 aromatic rings. The first-order valence-corrected chi connectivity index (χ1v) is 5.44. The summed E-state index contributed by atoms with van der Waals surface area (Å²) >= 11 is 0. The number of Topliss-reactive ketones (excluding diaryl/α,β-unsaturated/α-hetero) is 2. The maximum Gasteiger partial charge on any atom is 0.168 e. The molecule has 0 bridgehead atoms. The normalized spacial score (nSPS) is 11.7. The molecule has 3 heteroatoms. The minimum atomic E-state index is -0.390. The lowest BCUT2D eigenvalue weighted by Gasteiger charge is -2.06. The number of hydrogen-bond donors (Lipinski definition) is 0. The molecule has 17 heavy (non-hydrogen) atoms. The van der Waals surface area contributed by atoms with Gasteiger partial charge in [0.05, 0.1) is 5.57 Å². The fraction of sp³-hybridized carbons (Fsp3) is 0.286. The van der Waals surface area contributed by atoms with E-state index in [0.717, 1.165) is 0 Å². The summed E-state index contributed by atoms with van der Waals surface area (Å²) in [4.78, 5) is 23.2. The van der Waals surface area contributed by atoms with Gasteiger partial charge >= 0.3 is 0 Å². The fourth-order valence-electron chi connectivity index (χ4n) is 1.42. The highest BCUT2D eigenvalue weighted by atomic mass is 19.1. The Labute approximate surface area is 100 Å². The maximum absolute atomic E-state index is 13.0. The predicted molar refractivity (Wildman–Crippen MR) is 64.9 cm³/mol. The monoisotopic (exact) mass is 234 g/mol. The van der Waals surface area contributed by atoms with E-state index in [4.69, 9.17) is 0 Å². The number of ketones is 2. The summed E-state index contributed by atoms with van der Waals surface area (Å²) in [7, 11) is 0. The molecule has 0 aliphatic carbocycles. The Kier molecular flexibility index (Phi) is 4.32. The van der Waals surface area contributed by atoms with Crippen LogP contribution in [0.5, 0.6) is 0 Å². The number of hydrogen-bond acceptors (Lipinski definition) is 2. The Bertz CT molecular complexity index is 473. The zero-order valence-corrected chi connectivity index (χ0v) is 10.2. The van der Waals surface area contributed by atoms with Crippen molar-refractivity contribution in [3.63, 3.8) is 0 Å². The third-order valence-corrected chi connectivity index (χ3v) is 2.33. The highest BCUT2D eigenvalue weighted by Gasteiger charge is 2.17. The van der Waals surface area contributed by atoms with Crippen LogP contribution in [0.2, 0.25) is 0 Å². The quantitative estimate of drug-likeness (QED) is 0.456. The number of carbonyl (C=O) groups excluding carboxylic acids is 2. The van der Waals surface area contributed by atoms with Crippen molar-refractivity contribution in [2.45, 2.75) is 20.8 Å². The molecule has 1 aromatic carbocycles. The Balaban J connectivity index is 3.15. The largest absolute Gasteiger partial charge is 0.294 e. The maximum atomic E-state index is 13.0. The molecule has 2 nitrogen and oxygen atoms in total. The second-order valence-electron chi connectivity index (χ2n) is 4.19. The molecule has 0 atom stereocenters. The van der Waals surface area contributed by atoms with E-state index in [0.29, 0.717) is 5.56 Å². The molecule has 1 rings (SSSR count). The Morgan fingerprint density at radius 2 is 1.94 bits per heavy atom. The van der Waals surface area contributed by atoms with Crippen LogP contribution in [0.3, 0.4) is 0 Å². The first-order chi connectivity index (χ1) is 7.91. The minimum Gasteiger partial charge on any atom is -0.294 e. The molecular weight excluding hydrogens is 219 g/mol. The van der Waals surface area contributed by atoms with Gasteiger partial charge in [-0.3, -0.25) is 9.59 Å². The van der Waals surface area contributed by atoms with Crippen molar-refractivity contribution >= 4 is 17.6 Å². The van der Waals surface area contributed by atoms with Crippen LogP contribution < -0.4 is 0 Å². The van der Waals surface area contributed by atoms with Crippen molar-refractivity contribution in [1.82, 2.24) is 0 Å². The molecule has 0 aromatic heterocycles. The molecule has 90 valence electrons. The summed E-state index contributed by atoms with van der Waals surface area (Å²) in [5, 5.41) is 0. The minimum absolute atomic E-state index is 0.116. The standard InChI is InChI=1S/C14H15FO2/c1-9(2)14(17)13(10(3)16)8-11-5-4-6-12(15)7-11/h4-9H,1-3H3/b13-8+. The van der Waals surface area contributed by atoms with E-state index in [9.17, 15) is 14.0 Å². The second-order valence-corrected chi connectivity index (χ2v) is 4.19. The van der Waals surface area contributed by atoms with Gasteiger partial charge in [-0.2, -0.15) is 0 Å². The van der Waals surface area contributed by atoms with Crippen LogP contribution in [0.4, 0.5) is 4.39 Å². The zero-order chi connectivity index (χ0) is 13.0. The van der Waals surface area contributed by atoms with Gasteiger partial charge in [0.25, 0.3) is 0 Å². The lowest BCUT2D eigenvalue weighted by molar-refractivity contribution is -0.122. The van der Waals surface area contributed by atoms with E-state index < -0.39 is 5.82 Å². The summed E-state index contributed by atoms with van der Waals surface area (Å²) in [5.41, 5.74) is 0.634. The topological polar surface area (TPSA) is 34.1 Å². The van der Waals surface area contributed by atoms with E-state index in [1.54, 1.807) is 26.0 Å². The molecule has 0 aliphatic heterocycles. The Hall–Kier alpha value is -1.77. The van der Waals surface area contributed by atoms with E-state index in [1.807, 2.05) is 0 Å². The predicted octanol–water partition coefficient (Wildman–Crippen LogP) is 3.02. The van der Waals surface area contributed by atoms with Crippen molar-refractivity contribution in [2.24, 2.45) is 5.92 Å². The number of allylic oxidation sites excluding steroid dienone is 1. The van der Waals surface area contributed by atoms with E-state index in [-0.39, 0.29) is 23.1 Å². The number of halogens is 1. The molecule has 0 N–H and O–H groups in total. The van der Waals surface area contributed by atoms with Crippen LogP contribution in [-0.4, -0.2) is 11.6 Å². The van der Waals surface area contributed by atoms with Crippen molar-refractivity contribution in [1.29, 1.82) is 0 Å². The molecule has 0 unspecified atom stereocenters. The first kappa shape index (κ1) is 13.3. The Morgan fingerprint density at radius 1 is 1.29 bits per heavy atom. The van der Waals surface area contributed by atoms with E-state index >= 15 is 0 Å². The average molecular weight is 234 g/mol. The third-order valence-electron chi connectivity index (χ3n) is 2.33. The molecule has 0 fully saturated rings. The van der Waals surface area contributed by atoms with Gasteiger partial charge in [-0.1, -0.05) is 26.0 Å². The van der Waals surface area contributed by atoms with Crippen LogP contribution in [-0.2, 0) is 9.59 Å². The summed E-state index contributed by atoms with van der Waals surface area (Å²) < 4.78 is 13.0. The highest BCUT2D eigenvalue weighted by Crippen LogP contribution is 2.13. The number of rotatable bonds is 4. The van der Waals surface area contributed by atoms with Crippen LogP contribution in [0.1, 0.15) is 26.3 Å². The Morgan fingerprint density at radius 3 is 2.41 bits per heavy atom. The van der Waals surface area contributed by atoms with E-state index in [1.165, 1.54) is 25.1 Å². The van der Waals surface area contributed by atoms with Gasteiger partial charge in [-0.15, -0.1) is 0 Å². The van der Waals surface area contributed by atoms with Crippen molar-refractivity contribution < 1.29 is 14.0 Å². The van der Waals surface area contributed by atoms with Crippen molar-refractivity contribution in [3.05, 3.63) is 41.2 Å². The fourth-order valence-corrected chi connectivity index (χ4v) is 1.42. The first-order valence-electron chi connectivity index (χ1n) is 5.44. The van der Waals surface area contributed by atoms with Gasteiger partial charge in [0.2, 0.25) is 0 Å². The van der Waals surface area contributed by atoms with Gasteiger partial charge in [0.15, 0.2) is 11.6 Å². The highest BCUT2D eigenvalue weighted by molar-refractivity contribution is 6.23. The summed E-state index contributed by atoms with van der Waals surface area (Å²) in [6, 6.07) is 5.80. The SMILES string of the molecule is CC(=O)/C(=C\c1cccc(F)c1)C(=O)C(C)C. The molecule has 0 aliphatic rings.